The Balaban J connectivity index is 2.89. The molecule has 0 aromatic carbocycles. The van der Waals surface area contributed by atoms with Crippen LogP contribution in [0.4, 0.5) is 5.69 Å². The van der Waals surface area contributed by atoms with Crippen molar-refractivity contribution in [3.8, 4) is 17.9 Å². The third-order valence-electron chi connectivity index (χ3n) is 1.51. The summed E-state index contributed by atoms with van der Waals surface area (Å²) in [4.78, 5) is 4.14. The van der Waals surface area contributed by atoms with Crippen molar-refractivity contribution in [1.29, 1.82) is 5.26 Å². The minimum absolute atomic E-state index is 0.227. The molecular weight excluding hydrogens is 162 g/mol. The van der Waals surface area contributed by atoms with Crippen molar-refractivity contribution >= 4 is 5.69 Å². The van der Waals surface area contributed by atoms with E-state index in [2.05, 4.69) is 16.8 Å². The fourth-order valence-corrected chi connectivity index (χ4v) is 0.816. The van der Waals surface area contributed by atoms with Gasteiger partial charge in [0.1, 0.15) is 5.69 Å². The van der Waals surface area contributed by atoms with Crippen LogP contribution < -0.4 is 5.73 Å². The Hall–Kier alpha value is -2.00. The molecule has 64 valence electrons. The Morgan fingerprint density at radius 3 is 2.92 bits per heavy atom. The molecule has 1 heterocycles. The van der Waals surface area contributed by atoms with Crippen LogP contribution in [0.25, 0.3) is 0 Å². The number of nitrogens with two attached hydrogens (primary N) is 1. The van der Waals surface area contributed by atoms with Gasteiger partial charge in [-0.2, -0.15) is 5.26 Å². The second-order valence-electron chi connectivity index (χ2n) is 2.51. The second kappa shape index (κ2) is 4.13. The van der Waals surface area contributed by atoms with E-state index in [1.165, 1.54) is 0 Å². The number of aryl methyl sites for hydroxylation is 1. The summed E-state index contributed by atoms with van der Waals surface area (Å²) in [5.41, 5.74) is 7.66. The number of hydrogen-bond donors (Lipinski definition) is 1. The molecule has 3 nitrogen and oxygen atoms in total. The summed E-state index contributed by atoms with van der Waals surface area (Å²) in [6, 6.07) is 5.44. The van der Waals surface area contributed by atoms with Gasteiger partial charge in [0.2, 0.25) is 0 Å². The van der Waals surface area contributed by atoms with Crippen molar-refractivity contribution in [3.05, 3.63) is 23.5 Å². The molecule has 1 rings (SSSR count). The van der Waals surface area contributed by atoms with Gasteiger partial charge in [0, 0.05) is 0 Å². The number of rotatable bonds is 0. The summed E-state index contributed by atoms with van der Waals surface area (Å²) in [5, 5.41) is 8.25. The molecule has 0 saturated carbocycles. The van der Waals surface area contributed by atoms with E-state index in [-0.39, 0.29) is 6.42 Å². The van der Waals surface area contributed by atoms with E-state index in [4.69, 9.17) is 11.0 Å². The molecule has 0 aliphatic heterocycles. The lowest BCUT2D eigenvalue weighted by Gasteiger charge is -1.97. The quantitative estimate of drug-likeness (QED) is 0.597. The third-order valence-corrected chi connectivity index (χ3v) is 1.51. The van der Waals surface area contributed by atoms with E-state index in [1.54, 1.807) is 12.1 Å². The highest BCUT2D eigenvalue weighted by atomic mass is 14.7. The Bertz CT molecular complexity index is 404. The monoisotopic (exact) mass is 171 g/mol. The maximum atomic E-state index is 8.25. The van der Waals surface area contributed by atoms with Crippen molar-refractivity contribution in [2.75, 3.05) is 5.73 Å². The first-order chi connectivity index (χ1) is 6.24. The van der Waals surface area contributed by atoms with Crippen molar-refractivity contribution < 1.29 is 0 Å². The Labute approximate surface area is 77.2 Å². The molecule has 0 aliphatic carbocycles. The van der Waals surface area contributed by atoms with Crippen molar-refractivity contribution in [3.63, 3.8) is 0 Å². The summed E-state index contributed by atoms with van der Waals surface area (Å²) >= 11 is 0. The van der Waals surface area contributed by atoms with Gasteiger partial charge in [0.15, 0.2) is 0 Å². The number of nitrogens with zero attached hydrogens (tertiary/aromatic N) is 2. The van der Waals surface area contributed by atoms with Crippen LogP contribution in [0.15, 0.2) is 12.1 Å². The molecule has 3 heteroatoms. The fraction of sp³-hybridized carbons (Fsp3) is 0.200. The Morgan fingerprint density at radius 1 is 1.54 bits per heavy atom. The predicted molar refractivity (Wildman–Crippen MR) is 50.5 cm³/mol. The van der Waals surface area contributed by atoms with Gasteiger partial charge in [-0.05, 0) is 25.0 Å². The first-order valence-electron chi connectivity index (χ1n) is 3.83. The van der Waals surface area contributed by atoms with Crippen LogP contribution in [0.3, 0.4) is 0 Å². The van der Waals surface area contributed by atoms with Gasteiger partial charge >= 0.3 is 0 Å². The van der Waals surface area contributed by atoms with E-state index in [0.29, 0.717) is 11.4 Å². The summed E-state index contributed by atoms with van der Waals surface area (Å²) in [6.45, 7) is 1.82. The van der Waals surface area contributed by atoms with Crippen molar-refractivity contribution in [2.24, 2.45) is 0 Å². The molecule has 0 atom stereocenters. The zero-order valence-electron chi connectivity index (χ0n) is 7.33. The van der Waals surface area contributed by atoms with Gasteiger partial charge in [-0.3, -0.25) is 0 Å². The van der Waals surface area contributed by atoms with Gasteiger partial charge in [0.05, 0.1) is 23.9 Å². The molecule has 0 saturated heterocycles. The van der Waals surface area contributed by atoms with Crippen LogP contribution in [-0.4, -0.2) is 4.98 Å². The topological polar surface area (TPSA) is 62.7 Å². The lowest BCUT2D eigenvalue weighted by molar-refractivity contribution is 1.18. The molecule has 0 bridgehead atoms. The minimum atomic E-state index is 0.227. The smallest absolute Gasteiger partial charge is 0.113 e. The van der Waals surface area contributed by atoms with Gasteiger partial charge in [-0.1, -0.05) is 5.92 Å². The largest absolute Gasteiger partial charge is 0.397 e. The van der Waals surface area contributed by atoms with E-state index < -0.39 is 0 Å². The van der Waals surface area contributed by atoms with Crippen LogP contribution in [0.5, 0.6) is 0 Å². The molecule has 13 heavy (non-hydrogen) atoms. The van der Waals surface area contributed by atoms with Crippen LogP contribution in [0.2, 0.25) is 0 Å². The standard InChI is InChI=1S/C10H9N3/c1-8-10(12)6-5-9(13-8)4-2-3-7-11/h5-6H,3,12H2,1H3. The van der Waals surface area contributed by atoms with Crippen LogP contribution in [0.1, 0.15) is 17.8 Å². The number of nitriles is 1. The normalized spacial score (nSPS) is 8.31. The number of hydrogen-bond acceptors (Lipinski definition) is 3. The molecule has 1 aromatic heterocycles. The average molecular weight is 171 g/mol. The summed E-state index contributed by atoms with van der Waals surface area (Å²) in [6.07, 6.45) is 0.227. The summed E-state index contributed by atoms with van der Waals surface area (Å²) in [7, 11) is 0. The molecule has 0 aliphatic rings. The number of pyridine rings is 1. The average Bonchev–Trinajstić information content (AvgIpc) is 2.12. The molecule has 0 amide bonds. The van der Waals surface area contributed by atoms with Crippen LogP contribution in [-0.2, 0) is 0 Å². The van der Waals surface area contributed by atoms with Crippen LogP contribution in [0, 0.1) is 30.1 Å². The van der Waals surface area contributed by atoms with Crippen LogP contribution >= 0.6 is 0 Å². The first-order valence-corrected chi connectivity index (χ1v) is 3.83. The highest BCUT2D eigenvalue weighted by molar-refractivity contribution is 5.45. The lowest BCUT2D eigenvalue weighted by Crippen LogP contribution is -1.94. The number of aromatic nitrogens is 1. The lowest BCUT2D eigenvalue weighted by atomic mass is 10.2. The molecular formula is C10H9N3. The van der Waals surface area contributed by atoms with Gasteiger partial charge < -0.3 is 5.73 Å². The highest BCUT2D eigenvalue weighted by Gasteiger charge is 1.94. The van der Waals surface area contributed by atoms with Crippen molar-refractivity contribution in [1.82, 2.24) is 4.98 Å². The van der Waals surface area contributed by atoms with E-state index in [1.807, 2.05) is 13.0 Å². The van der Waals surface area contributed by atoms with Gasteiger partial charge in [-0.15, -0.1) is 0 Å². The maximum absolute atomic E-state index is 8.25. The third kappa shape index (κ3) is 2.50. The molecule has 0 unspecified atom stereocenters. The summed E-state index contributed by atoms with van der Waals surface area (Å²) in [5.74, 6) is 5.46. The molecule has 2 N–H and O–H groups in total. The SMILES string of the molecule is Cc1nc(C#CCC#N)ccc1N. The van der Waals surface area contributed by atoms with Crippen molar-refractivity contribution in [2.45, 2.75) is 13.3 Å². The van der Waals surface area contributed by atoms with E-state index in [0.717, 1.165) is 5.69 Å². The summed E-state index contributed by atoms with van der Waals surface area (Å²) < 4.78 is 0. The molecule has 0 radical (unpaired) electrons. The van der Waals surface area contributed by atoms with Gasteiger partial charge in [0.25, 0.3) is 0 Å². The fourth-order valence-electron chi connectivity index (χ4n) is 0.816. The molecule has 0 fully saturated rings. The van der Waals surface area contributed by atoms with Gasteiger partial charge in [-0.25, -0.2) is 4.98 Å². The Morgan fingerprint density at radius 2 is 2.31 bits per heavy atom. The molecule has 1 aromatic rings. The maximum Gasteiger partial charge on any atom is 0.113 e. The predicted octanol–water partition coefficient (Wildman–Crippen LogP) is 1.24. The number of anilines is 1. The zero-order chi connectivity index (χ0) is 9.68. The number of nitrogen functional groups attached to an aromatic ring is 1. The minimum Gasteiger partial charge on any atom is -0.397 e. The second-order valence-corrected chi connectivity index (χ2v) is 2.51. The molecule has 0 spiro atoms. The van der Waals surface area contributed by atoms with E-state index in [9.17, 15) is 0 Å². The highest BCUT2D eigenvalue weighted by Crippen LogP contribution is 2.06. The first kappa shape index (κ1) is 9.09. The Kier molecular flexibility index (Phi) is 2.89. The zero-order valence-corrected chi connectivity index (χ0v) is 7.33. The van der Waals surface area contributed by atoms with E-state index >= 15 is 0 Å².